The molecule has 1 aliphatic heterocycles. The van der Waals surface area contributed by atoms with Crippen molar-refractivity contribution < 1.29 is 23.1 Å². The monoisotopic (exact) mass is 289 g/mol. The van der Waals surface area contributed by atoms with Crippen LogP contribution in [0.1, 0.15) is 18.4 Å². The number of carbonyl (C=O) groups is 1. The zero-order valence-electron chi connectivity index (χ0n) is 10.5. The number of halogens is 3. The third kappa shape index (κ3) is 2.69. The van der Waals surface area contributed by atoms with Crippen LogP contribution >= 0.6 is 0 Å². The number of piperidine rings is 1. The second-order valence-corrected chi connectivity index (χ2v) is 4.79. The summed E-state index contributed by atoms with van der Waals surface area (Å²) in [6, 6.07) is 2.11. The van der Waals surface area contributed by atoms with Gasteiger partial charge < -0.3 is 15.7 Å². The summed E-state index contributed by atoms with van der Waals surface area (Å²) in [6.45, 7) is -0.0158. The molecule has 20 heavy (non-hydrogen) atoms. The fourth-order valence-corrected chi connectivity index (χ4v) is 2.29. The minimum absolute atomic E-state index is 0.132. The first-order valence-electron chi connectivity index (χ1n) is 6.03. The summed E-state index contributed by atoms with van der Waals surface area (Å²) >= 11 is 0. The van der Waals surface area contributed by atoms with E-state index in [-0.39, 0.29) is 25.3 Å². The lowest BCUT2D eigenvalue weighted by Crippen LogP contribution is -2.56. The molecule has 5 nitrogen and oxygen atoms in total. The van der Waals surface area contributed by atoms with Gasteiger partial charge in [0.15, 0.2) is 5.60 Å². The quantitative estimate of drug-likeness (QED) is 0.848. The van der Waals surface area contributed by atoms with E-state index in [1.807, 2.05) is 0 Å². The first kappa shape index (κ1) is 14.6. The number of rotatable bonds is 2. The van der Waals surface area contributed by atoms with Crippen LogP contribution in [0.2, 0.25) is 0 Å². The molecular formula is C12H14F3N3O2. The lowest BCUT2D eigenvalue weighted by Gasteiger charge is -2.38. The van der Waals surface area contributed by atoms with Gasteiger partial charge in [0.05, 0.1) is 12.1 Å². The van der Waals surface area contributed by atoms with E-state index < -0.39 is 23.2 Å². The molecule has 0 saturated carbocycles. The molecule has 1 aromatic heterocycles. The van der Waals surface area contributed by atoms with Gasteiger partial charge in [0.1, 0.15) is 5.82 Å². The highest BCUT2D eigenvalue weighted by Crippen LogP contribution is 2.36. The van der Waals surface area contributed by atoms with Crippen molar-refractivity contribution in [3.05, 3.63) is 23.9 Å². The van der Waals surface area contributed by atoms with Crippen molar-refractivity contribution >= 4 is 11.7 Å². The molecule has 1 saturated heterocycles. The van der Waals surface area contributed by atoms with Crippen molar-refractivity contribution in [2.45, 2.75) is 24.6 Å². The summed E-state index contributed by atoms with van der Waals surface area (Å²) in [7, 11) is 0. The summed E-state index contributed by atoms with van der Waals surface area (Å²) in [6.07, 6.45) is -2.82. The highest BCUT2D eigenvalue weighted by Gasteiger charge is 2.42. The van der Waals surface area contributed by atoms with E-state index in [0.29, 0.717) is 6.42 Å². The summed E-state index contributed by atoms with van der Waals surface area (Å²) in [5.74, 6) is -1.23. The van der Waals surface area contributed by atoms with Crippen LogP contribution < -0.4 is 10.6 Å². The Kier molecular flexibility index (Phi) is 3.59. The number of anilines is 1. The fourth-order valence-electron chi connectivity index (χ4n) is 2.29. The topological polar surface area (TPSA) is 79.5 Å². The number of alkyl halides is 3. The first-order chi connectivity index (χ1) is 9.24. The van der Waals surface area contributed by atoms with E-state index in [1.165, 1.54) is 17.2 Å². The SMILES string of the molecule is NC(=O)C1(O)CCCN(c2ncccc2C(F)(F)F)C1. The zero-order valence-corrected chi connectivity index (χ0v) is 10.5. The first-order valence-corrected chi connectivity index (χ1v) is 6.03. The normalized spacial score (nSPS) is 23.7. The maximum absolute atomic E-state index is 12.9. The fraction of sp³-hybridized carbons (Fsp3) is 0.500. The molecule has 1 aromatic rings. The molecule has 0 aliphatic carbocycles. The number of hydrogen-bond donors (Lipinski definition) is 2. The lowest BCUT2D eigenvalue weighted by molar-refractivity contribution is -0.138. The van der Waals surface area contributed by atoms with Crippen LogP contribution in [0.3, 0.4) is 0 Å². The van der Waals surface area contributed by atoms with E-state index in [2.05, 4.69) is 4.98 Å². The number of pyridine rings is 1. The van der Waals surface area contributed by atoms with Crippen LogP contribution in [-0.4, -0.2) is 34.7 Å². The Hall–Kier alpha value is -1.83. The minimum atomic E-state index is -4.55. The molecule has 1 unspecified atom stereocenters. The number of hydrogen-bond acceptors (Lipinski definition) is 4. The maximum Gasteiger partial charge on any atom is 0.419 e. The number of nitrogens with zero attached hydrogens (tertiary/aromatic N) is 2. The van der Waals surface area contributed by atoms with Gasteiger partial charge in [-0.15, -0.1) is 0 Å². The van der Waals surface area contributed by atoms with Crippen LogP contribution in [0.25, 0.3) is 0 Å². The van der Waals surface area contributed by atoms with Crippen LogP contribution in [0.5, 0.6) is 0 Å². The van der Waals surface area contributed by atoms with Crippen molar-refractivity contribution in [2.24, 2.45) is 5.73 Å². The number of nitrogens with two attached hydrogens (primary N) is 1. The van der Waals surface area contributed by atoms with Crippen molar-refractivity contribution in [3.8, 4) is 0 Å². The Bertz CT molecular complexity index is 521. The molecule has 0 spiro atoms. The zero-order chi connectivity index (χ0) is 15.0. The Balaban J connectivity index is 2.35. The van der Waals surface area contributed by atoms with Gasteiger partial charge >= 0.3 is 6.18 Å². The van der Waals surface area contributed by atoms with E-state index in [0.717, 1.165) is 6.07 Å². The largest absolute Gasteiger partial charge is 0.419 e. The molecule has 1 amide bonds. The Labute approximate surface area is 113 Å². The van der Waals surface area contributed by atoms with E-state index in [1.54, 1.807) is 0 Å². The van der Waals surface area contributed by atoms with Crippen molar-refractivity contribution in [2.75, 3.05) is 18.0 Å². The molecule has 8 heteroatoms. The van der Waals surface area contributed by atoms with Crippen molar-refractivity contribution in [3.63, 3.8) is 0 Å². The number of β-amino-alcohol motifs (C(OH)–C–C–N with tert-alkyl or cyclic N) is 1. The maximum atomic E-state index is 12.9. The van der Waals surface area contributed by atoms with Crippen molar-refractivity contribution in [1.29, 1.82) is 0 Å². The van der Waals surface area contributed by atoms with Gasteiger partial charge in [0.2, 0.25) is 0 Å². The second kappa shape index (κ2) is 4.93. The van der Waals surface area contributed by atoms with E-state index in [4.69, 9.17) is 5.73 Å². The Morgan fingerprint density at radius 1 is 1.50 bits per heavy atom. The molecule has 0 bridgehead atoms. The van der Waals surface area contributed by atoms with Gasteiger partial charge in [0.25, 0.3) is 5.91 Å². The number of aliphatic hydroxyl groups is 1. The molecule has 1 atom stereocenters. The number of aromatic nitrogens is 1. The number of primary amides is 1. The van der Waals surface area contributed by atoms with Crippen LogP contribution in [0.15, 0.2) is 18.3 Å². The predicted octanol–water partition coefficient (Wildman–Crippen LogP) is 0.917. The average Bonchev–Trinajstić information content (AvgIpc) is 2.37. The Morgan fingerprint density at radius 3 is 2.80 bits per heavy atom. The van der Waals surface area contributed by atoms with E-state index >= 15 is 0 Å². The molecule has 110 valence electrons. The summed E-state index contributed by atoms with van der Waals surface area (Å²) < 4.78 is 38.8. The van der Waals surface area contributed by atoms with Gasteiger partial charge in [-0.2, -0.15) is 13.2 Å². The molecule has 0 aromatic carbocycles. The number of carbonyl (C=O) groups excluding carboxylic acids is 1. The highest BCUT2D eigenvalue weighted by molar-refractivity contribution is 5.84. The van der Waals surface area contributed by atoms with Gasteiger partial charge in [0, 0.05) is 12.7 Å². The molecule has 1 aliphatic rings. The lowest BCUT2D eigenvalue weighted by atomic mass is 9.92. The summed E-state index contributed by atoms with van der Waals surface area (Å²) in [5.41, 5.74) is 2.39. The standard InChI is InChI=1S/C12H14F3N3O2/c13-12(14,15)8-3-1-5-17-9(8)18-6-2-4-11(20,7-18)10(16)19/h1,3,5,20H,2,4,6-7H2,(H2,16,19). The molecule has 0 radical (unpaired) electrons. The molecule has 3 N–H and O–H groups in total. The van der Waals surface area contributed by atoms with Crippen LogP contribution in [-0.2, 0) is 11.0 Å². The molecule has 2 heterocycles. The van der Waals surface area contributed by atoms with Crippen LogP contribution in [0, 0.1) is 0 Å². The third-order valence-electron chi connectivity index (χ3n) is 3.32. The average molecular weight is 289 g/mol. The van der Waals surface area contributed by atoms with Gasteiger partial charge in [-0.25, -0.2) is 4.98 Å². The smallest absolute Gasteiger partial charge is 0.378 e. The minimum Gasteiger partial charge on any atom is -0.378 e. The number of amides is 1. The van der Waals surface area contributed by atoms with E-state index in [9.17, 15) is 23.1 Å². The van der Waals surface area contributed by atoms with Gasteiger partial charge in [-0.3, -0.25) is 4.79 Å². The van der Waals surface area contributed by atoms with Gasteiger partial charge in [-0.1, -0.05) is 0 Å². The highest BCUT2D eigenvalue weighted by atomic mass is 19.4. The molecular weight excluding hydrogens is 275 g/mol. The van der Waals surface area contributed by atoms with Crippen LogP contribution in [0.4, 0.5) is 19.0 Å². The predicted molar refractivity (Wildman–Crippen MR) is 64.8 cm³/mol. The second-order valence-electron chi connectivity index (χ2n) is 4.79. The van der Waals surface area contributed by atoms with Crippen molar-refractivity contribution in [1.82, 2.24) is 4.98 Å². The van der Waals surface area contributed by atoms with Gasteiger partial charge in [-0.05, 0) is 25.0 Å². The summed E-state index contributed by atoms with van der Waals surface area (Å²) in [4.78, 5) is 16.2. The molecule has 2 rings (SSSR count). The summed E-state index contributed by atoms with van der Waals surface area (Å²) in [5, 5.41) is 10.0. The molecule has 1 fully saturated rings. The third-order valence-corrected chi connectivity index (χ3v) is 3.32. The Morgan fingerprint density at radius 2 is 2.20 bits per heavy atom.